The lowest BCUT2D eigenvalue weighted by Gasteiger charge is -2.63. The molecule has 0 saturated carbocycles. The van der Waals surface area contributed by atoms with Crippen LogP contribution in [0.1, 0.15) is 16.7 Å². The Balaban J connectivity index is 1.56. The number of aliphatic hydroxyl groups excluding tert-OH is 4. The minimum Gasteiger partial charge on any atom is -0.488 e. The maximum absolute atomic E-state index is 12.3. The smallest absolute Gasteiger partial charge is 0.272 e. The van der Waals surface area contributed by atoms with Crippen LogP contribution in [0.3, 0.4) is 0 Å². The average molecular weight is 459 g/mol. The zero-order valence-corrected chi connectivity index (χ0v) is 16.9. The van der Waals surface area contributed by atoms with E-state index in [1.807, 2.05) is 0 Å². The Hall–Kier alpha value is -1.85. The second kappa shape index (κ2) is 8.25. The molecule has 0 radical (unpaired) electrons. The van der Waals surface area contributed by atoms with E-state index in [2.05, 4.69) is 0 Å². The molecule has 2 aromatic rings. The molecule has 3 fully saturated rings. The molecule has 3 heterocycles. The SMILES string of the molecule is OC[C@]12O[C@@](c3ccc(Cl)c(Cc4ccc(OCC(F)F)cc4)c3)(O1)[C@H](O)[C@@H](O)[C@@H]2O. The molecule has 0 aromatic heterocycles. The third-order valence-electron chi connectivity index (χ3n) is 5.50. The molecule has 0 spiro atoms. The van der Waals surface area contributed by atoms with E-state index in [0.717, 1.165) is 5.56 Å². The zero-order valence-electron chi connectivity index (χ0n) is 16.1. The number of halogens is 3. The average Bonchev–Trinajstić information content (AvgIpc) is 2.73. The molecule has 3 saturated heterocycles. The molecule has 3 aliphatic heterocycles. The Morgan fingerprint density at radius 1 is 1.03 bits per heavy atom. The van der Waals surface area contributed by atoms with Crippen molar-refractivity contribution in [2.75, 3.05) is 13.2 Å². The lowest BCUT2D eigenvalue weighted by Crippen LogP contribution is -2.81. The standard InChI is InChI=1S/C21H21ClF2O7/c22-15-6-3-13(21-19(28)17(26)18(27)20(10-25,30-21)31-21)8-12(15)7-11-1-4-14(5-2-11)29-9-16(23)24/h1-6,8,16-19,25-28H,7,9-10H2/t17-,18-,19+,20-,21-/m0/s1. The van der Waals surface area contributed by atoms with Gasteiger partial charge >= 0.3 is 0 Å². The first-order valence-electron chi connectivity index (χ1n) is 9.55. The number of fused-ring (bicyclic) bond motifs is 2. The fourth-order valence-corrected chi connectivity index (χ4v) is 4.06. The van der Waals surface area contributed by atoms with Gasteiger partial charge in [0.2, 0.25) is 11.6 Å². The molecule has 4 N–H and O–H groups in total. The summed E-state index contributed by atoms with van der Waals surface area (Å²) in [6.07, 6.45) is -7.00. The van der Waals surface area contributed by atoms with E-state index < -0.39 is 49.5 Å². The number of alkyl halides is 2. The van der Waals surface area contributed by atoms with Gasteiger partial charge in [0.1, 0.15) is 37.3 Å². The highest BCUT2D eigenvalue weighted by Gasteiger charge is 2.73. The van der Waals surface area contributed by atoms with E-state index in [-0.39, 0.29) is 0 Å². The van der Waals surface area contributed by atoms with Gasteiger partial charge in [-0.05, 0) is 41.8 Å². The molecular formula is C21H21ClF2O7. The molecule has 0 aliphatic carbocycles. The largest absolute Gasteiger partial charge is 0.488 e. The molecule has 3 aliphatic rings. The lowest BCUT2D eigenvalue weighted by molar-refractivity contribution is -0.591. The number of benzene rings is 2. The first kappa shape index (κ1) is 22.3. The molecule has 0 unspecified atom stereocenters. The van der Waals surface area contributed by atoms with Crippen molar-refractivity contribution in [3.63, 3.8) is 0 Å². The van der Waals surface area contributed by atoms with Crippen molar-refractivity contribution in [1.29, 1.82) is 0 Å². The number of hydrogen-bond donors (Lipinski definition) is 4. The van der Waals surface area contributed by atoms with Crippen LogP contribution >= 0.6 is 11.6 Å². The number of rotatable bonds is 7. The number of ether oxygens (including phenoxy) is 3. The van der Waals surface area contributed by atoms with E-state index in [1.165, 1.54) is 0 Å². The molecule has 7 nitrogen and oxygen atoms in total. The van der Waals surface area contributed by atoms with Crippen molar-refractivity contribution in [2.45, 2.75) is 42.7 Å². The topological polar surface area (TPSA) is 109 Å². The van der Waals surface area contributed by atoms with Crippen molar-refractivity contribution >= 4 is 11.6 Å². The van der Waals surface area contributed by atoms with Crippen LogP contribution in [0.4, 0.5) is 8.78 Å². The minimum atomic E-state index is -2.56. The van der Waals surface area contributed by atoms with Crippen LogP contribution in [0.15, 0.2) is 42.5 Å². The van der Waals surface area contributed by atoms with Gasteiger partial charge < -0.3 is 34.6 Å². The maximum Gasteiger partial charge on any atom is 0.272 e. The Morgan fingerprint density at radius 2 is 1.71 bits per heavy atom. The minimum absolute atomic E-state index is 0.317. The molecule has 2 aromatic carbocycles. The Morgan fingerprint density at radius 3 is 2.32 bits per heavy atom. The van der Waals surface area contributed by atoms with Crippen LogP contribution in [-0.2, 0) is 21.7 Å². The van der Waals surface area contributed by atoms with Crippen molar-refractivity contribution in [1.82, 2.24) is 0 Å². The summed E-state index contributed by atoms with van der Waals surface area (Å²) >= 11 is 6.32. The van der Waals surface area contributed by atoms with Gasteiger partial charge in [-0.2, -0.15) is 0 Å². The van der Waals surface area contributed by atoms with Gasteiger partial charge in [-0.3, -0.25) is 0 Å². The summed E-state index contributed by atoms with van der Waals surface area (Å²) in [5.74, 6) is -3.25. The predicted octanol–water partition coefficient (Wildman–Crippen LogP) is 1.56. The van der Waals surface area contributed by atoms with E-state index in [9.17, 15) is 29.2 Å². The van der Waals surface area contributed by atoms with Crippen molar-refractivity contribution < 1.29 is 43.4 Å². The predicted molar refractivity (Wildman–Crippen MR) is 104 cm³/mol. The third-order valence-corrected chi connectivity index (χ3v) is 5.87. The van der Waals surface area contributed by atoms with Gasteiger partial charge in [0.25, 0.3) is 6.43 Å². The first-order valence-corrected chi connectivity index (χ1v) is 9.93. The van der Waals surface area contributed by atoms with Gasteiger partial charge in [0, 0.05) is 10.6 Å². The Bertz CT molecular complexity index is 934. The fraction of sp³-hybridized carbons (Fsp3) is 0.429. The molecule has 10 heteroatoms. The highest BCUT2D eigenvalue weighted by atomic mass is 35.5. The highest BCUT2D eigenvalue weighted by molar-refractivity contribution is 6.31. The first-order chi connectivity index (χ1) is 14.7. The number of hydrogen-bond acceptors (Lipinski definition) is 7. The number of aliphatic hydroxyl groups is 4. The molecule has 31 heavy (non-hydrogen) atoms. The highest BCUT2D eigenvalue weighted by Crippen LogP contribution is 2.55. The van der Waals surface area contributed by atoms with E-state index in [1.54, 1.807) is 42.5 Å². The lowest BCUT2D eigenvalue weighted by atomic mass is 9.81. The summed E-state index contributed by atoms with van der Waals surface area (Å²) in [6.45, 7) is -1.40. The van der Waals surface area contributed by atoms with E-state index >= 15 is 0 Å². The zero-order chi connectivity index (χ0) is 22.4. The van der Waals surface area contributed by atoms with E-state index in [0.29, 0.717) is 28.3 Å². The molecule has 168 valence electrons. The van der Waals surface area contributed by atoms with Crippen LogP contribution in [0, 0.1) is 0 Å². The van der Waals surface area contributed by atoms with Crippen molar-refractivity contribution in [2.24, 2.45) is 0 Å². The summed E-state index contributed by atoms with van der Waals surface area (Å²) in [6, 6.07) is 11.3. The van der Waals surface area contributed by atoms with Gasteiger partial charge in [0.05, 0.1) is 0 Å². The van der Waals surface area contributed by atoms with Crippen molar-refractivity contribution in [3.05, 3.63) is 64.2 Å². The van der Waals surface area contributed by atoms with Crippen LogP contribution in [0.2, 0.25) is 5.02 Å². The van der Waals surface area contributed by atoms with Crippen LogP contribution in [-0.4, -0.2) is 64.2 Å². The molecular weight excluding hydrogens is 438 g/mol. The summed E-state index contributed by atoms with van der Waals surface area (Å²) in [5, 5.41) is 40.7. The Labute approximate surface area is 181 Å². The second-order valence-electron chi connectivity index (χ2n) is 7.55. The Kier molecular flexibility index (Phi) is 5.95. The maximum atomic E-state index is 12.3. The molecule has 3 atom stereocenters. The normalized spacial score (nSPS) is 32.1. The van der Waals surface area contributed by atoms with E-state index in [4.69, 9.17) is 25.8 Å². The van der Waals surface area contributed by atoms with Gasteiger partial charge in [0.15, 0.2) is 0 Å². The fourth-order valence-electron chi connectivity index (χ4n) is 3.88. The van der Waals surface area contributed by atoms with Gasteiger partial charge in [-0.15, -0.1) is 0 Å². The van der Waals surface area contributed by atoms with Gasteiger partial charge in [-0.1, -0.05) is 29.8 Å². The van der Waals surface area contributed by atoms with Gasteiger partial charge in [-0.25, -0.2) is 8.78 Å². The van der Waals surface area contributed by atoms with Crippen molar-refractivity contribution in [3.8, 4) is 5.75 Å². The quantitative estimate of drug-likeness (QED) is 0.498. The third kappa shape index (κ3) is 3.80. The summed E-state index contributed by atoms with van der Waals surface area (Å²) in [5.41, 5.74) is 1.82. The van der Waals surface area contributed by atoms with Crippen LogP contribution in [0.25, 0.3) is 0 Å². The molecule has 0 amide bonds. The monoisotopic (exact) mass is 458 g/mol. The molecule has 5 rings (SSSR count). The summed E-state index contributed by atoms with van der Waals surface area (Å²) in [7, 11) is 0. The summed E-state index contributed by atoms with van der Waals surface area (Å²) < 4.78 is 40.7. The van der Waals surface area contributed by atoms with Crippen LogP contribution in [0.5, 0.6) is 5.75 Å². The van der Waals surface area contributed by atoms with Crippen LogP contribution < -0.4 is 4.74 Å². The summed E-state index contributed by atoms with van der Waals surface area (Å²) in [4.78, 5) is 0. The molecule has 2 bridgehead atoms. The second-order valence-corrected chi connectivity index (χ2v) is 7.96.